The highest BCUT2D eigenvalue weighted by atomic mass is 32.2. The van der Waals surface area contributed by atoms with Gasteiger partial charge in [0.1, 0.15) is 29.2 Å². The number of rotatable bonds is 9. The van der Waals surface area contributed by atoms with Gasteiger partial charge in [-0.05, 0) is 68.9 Å². The first kappa shape index (κ1) is 41.7. The van der Waals surface area contributed by atoms with Crippen LogP contribution < -0.4 is 19.5 Å². The second-order valence-electron chi connectivity index (χ2n) is 17.9. The molecule has 2 N–H and O–H groups in total. The smallest absolute Gasteiger partial charge is 0.259 e. The second kappa shape index (κ2) is 17.2. The number of fused-ring (bicyclic) bond motifs is 3. The molecule has 13 nitrogen and oxygen atoms in total. The Hall–Kier alpha value is -4.98. The summed E-state index contributed by atoms with van der Waals surface area (Å²) in [6.07, 6.45) is 9.31. The number of nitrogens with one attached hydrogen (secondary N) is 2. The number of hydrogen-bond acceptors (Lipinski definition) is 9. The van der Waals surface area contributed by atoms with Crippen molar-refractivity contribution in [2.24, 2.45) is 23.7 Å². The Kier molecular flexibility index (Phi) is 12.0. The maximum Gasteiger partial charge on any atom is 0.259 e. The van der Waals surface area contributed by atoms with Crippen LogP contribution in [0.25, 0.3) is 22.2 Å². The van der Waals surface area contributed by atoms with Crippen molar-refractivity contribution >= 4 is 44.6 Å². The predicted molar refractivity (Wildman–Crippen MR) is 227 cm³/mol. The third-order valence-electron chi connectivity index (χ3n) is 12.9. The van der Waals surface area contributed by atoms with Crippen LogP contribution in [-0.2, 0) is 29.2 Å². The van der Waals surface area contributed by atoms with E-state index in [-0.39, 0.29) is 37.6 Å². The Morgan fingerprint density at radius 2 is 1.72 bits per heavy atom. The van der Waals surface area contributed by atoms with Crippen LogP contribution in [-0.4, -0.2) is 96.5 Å². The van der Waals surface area contributed by atoms with Crippen molar-refractivity contribution in [3.63, 3.8) is 0 Å². The maximum atomic E-state index is 15.0. The van der Waals surface area contributed by atoms with Crippen molar-refractivity contribution in [3.8, 4) is 22.8 Å². The number of piperidine rings is 1. The molecule has 8 rings (SSSR count). The van der Waals surface area contributed by atoms with Crippen molar-refractivity contribution in [1.29, 1.82) is 0 Å². The van der Waals surface area contributed by atoms with E-state index >= 15 is 0 Å². The van der Waals surface area contributed by atoms with Crippen LogP contribution in [0.15, 0.2) is 66.7 Å². The lowest BCUT2D eigenvalue weighted by Crippen LogP contribution is -2.57. The number of allylic oxidation sites excluding steroid dienone is 1. The highest BCUT2D eigenvalue weighted by Gasteiger charge is 2.62. The number of amides is 4. The molecule has 3 aliphatic heterocycles. The van der Waals surface area contributed by atoms with Gasteiger partial charge in [-0.15, -0.1) is 0 Å². The lowest BCUT2D eigenvalue weighted by Gasteiger charge is -2.36. The molecule has 5 aliphatic rings. The zero-order valence-corrected chi connectivity index (χ0v) is 35.6. The summed E-state index contributed by atoms with van der Waals surface area (Å²) in [7, 11) is -2.30. The van der Waals surface area contributed by atoms with E-state index in [9.17, 15) is 27.6 Å². The number of benzene rings is 2. The fraction of sp³-hybridized carbons (Fsp3) is 0.543. The second-order valence-corrected chi connectivity index (χ2v) is 19.9. The number of likely N-dealkylation sites (tertiary alicyclic amines) is 1. The molecule has 2 unspecified atom stereocenters. The van der Waals surface area contributed by atoms with Crippen molar-refractivity contribution in [2.75, 3.05) is 26.7 Å². The molecule has 2 saturated carbocycles. The molecule has 14 heteroatoms. The molecule has 320 valence electrons. The first-order valence-electron chi connectivity index (χ1n) is 21.7. The monoisotopic (exact) mass is 839 g/mol. The van der Waals surface area contributed by atoms with Gasteiger partial charge >= 0.3 is 0 Å². The summed E-state index contributed by atoms with van der Waals surface area (Å²) in [5, 5.41) is 3.08. The summed E-state index contributed by atoms with van der Waals surface area (Å²) in [5.74, 6) is -0.853. The molecule has 4 fully saturated rings. The normalized spacial score (nSPS) is 29.3. The molecule has 0 radical (unpaired) electrons. The summed E-state index contributed by atoms with van der Waals surface area (Å²) in [6.45, 7) is 5.67. The lowest BCUT2D eigenvalue weighted by molar-refractivity contribution is -0.146. The van der Waals surface area contributed by atoms with Gasteiger partial charge in [0.2, 0.25) is 27.7 Å². The Labute approximate surface area is 352 Å². The van der Waals surface area contributed by atoms with Crippen molar-refractivity contribution < 1.29 is 37.1 Å². The summed E-state index contributed by atoms with van der Waals surface area (Å²) in [6, 6.07) is 16.1. The van der Waals surface area contributed by atoms with Crippen LogP contribution >= 0.6 is 0 Å². The molecule has 4 amide bonds. The number of carbonyl (C=O) groups excluding carboxylic acids is 4. The zero-order valence-electron chi connectivity index (χ0n) is 34.8. The highest BCUT2D eigenvalue weighted by Crippen LogP contribution is 2.46. The van der Waals surface area contributed by atoms with Crippen molar-refractivity contribution in [3.05, 3.63) is 66.7 Å². The number of methoxy groups -OCH3 is 1. The van der Waals surface area contributed by atoms with E-state index in [0.717, 1.165) is 43.1 Å². The van der Waals surface area contributed by atoms with Crippen LogP contribution in [0, 0.1) is 23.7 Å². The van der Waals surface area contributed by atoms with Gasteiger partial charge < -0.3 is 24.6 Å². The van der Waals surface area contributed by atoms with Gasteiger partial charge in [0.15, 0.2) is 0 Å². The standard InChI is InChI=1S/C46H57N5O8S/c1-29-20-30(2)27-50(26-29)42(52)21-32-14-8-5-4-6-11-15-33-25-46(33,45(55)49-60(56,57)36-17-18-36)48-43(53)40-23-35(28-51(40)44(32)54)59-41-24-38(31-12-9-7-10-13-31)47-39-22-34(58-3)16-19-37(39)41/h7,9-13,15-16,19,22,24,29-30,32-33,35-36,40H,4-6,8,14,17-18,20-21,23,25-28H2,1-3H3,(H,48,53)(H,49,55)/b15-11-/t29?,30?,32-,33-,35-,40+,46-/m1/s1. The fourth-order valence-corrected chi connectivity index (χ4v) is 10.9. The van der Waals surface area contributed by atoms with Gasteiger partial charge in [-0.25, -0.2) is 13.4 Å². The number of aromatic nitrogens is 1. The molecule has 2 aromatic carbocycles. The van der Waals surface area contributed by atoms with E-state index in [0.29, 0.717) is 66.9 Å². The lowest BCUT2D eigenvalue weighted by atomic mass is 9.90. The molecule has 0 bridgehead atoms. The number of carbonyl (C=O) groups is 4. The van der Waals surface area contributed by atoms with Crippen LogP contribution in [0.3, 0.4) is 0 Å². The van der Waals surface area contributed by atoms with Gasteiger partial charge in [-0.1, -0.05) is 69.2 Å². The topological polar surface area (TPSA) is 164 Å². The molecule has 3 aromatic rings. The van der Waals surface area contributed by atoms with Crippen LogP contribution in [0.2, 0.25) is 0 Å². The number of pyridine rings is 1. The third-order valence-corrected chi connectivity index (χ3v) is 14.8. The van der Waals surface area contributed by atoms with E-state index < -0.39 is 56.6 Å². The zero-order chi connectivity index (χ0) is 42.2. The van der Waals surface area contributed by atoms with E-state index in [4.69, 9.17) is 14.5 Å². The quantitative estimate of drug-likeness (QED) is 0.255. The minimum Gasteiger partial charge on any atom is -0.497 e. The van der Waals surface area contributed by atoms with Gasteiger partial charge in [-0.3, -0.25) is 23.9 Å². The Bertz CT molecular complexity index is 2250. The minimum atomic E-state index is -3.89. The Balaban J connectivity index is 1.12. The van der Waals surface area contributed by atoms with Gasteiger partial charge in [0.05, 0.1) is 30.1 Å². The molecule has 60 heavy (non-hydrogen) atoms. The first-order chi connectivity index (χ1) is 28.8. The number of sulfonamides is 1. The van der Waals surface area contributed by atoms with Gasteiger partial charge in [0.25, 0.3) is 5.91 Å². The summed E-state index contributed by atoms with van der Waals surface area (Å²) in [5.41, 5.74) is 0.723. The Morgan fingerprint density at radius 1 is 0.950 bits per heavy atom. The molecular formula is C46H57N5O8S. The average Bonchev–Trinajstić information content (AvgIpc) is 4.16. The van der Waals surface area contributed by atoms with E-state index in [1.807, 2.05) is 71.6 Å². The highest BCUT2D eigenvalue weighted by molar-refractivity contribution is 7.91. The van der Waals surface area contributed by atoms with Crippen LogP contribution in [0.5, 0.6) is 11.5 Å². The summed E-state index contributed by atoms with van der Waals surface area (Å²) in [4.78, 5) is 65.9. The van der Waals surface area contributed by atoms with Crippen molar-refractivity contribution in [1.82, 2.24) is 24.8 Å². The molecule has 0 spiro atoms. The van der Waals surface area contributed by atoms with E-state index in [1.165, 1.54) is 0 Å². The van der Waals surface area contributed by atoms with Crippen molar-refractivity contribution in [2.45, 2.75) is 107 Å². The number of hydrogen-bond donors (Lipinski definition) is 2. The SMILES string of the molecule is COc1ccc2c(O[C@@H]3C[C@H]4C(=O)N[C@]5(C(=O)NS(=O)(=O)C6CC6)C[C@H]5/C=C\CCCCC[C@H](CC(=O)N5CC(C)CC(C)C5)C(=O)N4C3)cc(-c3ccccc3)nc2c1. The third kappa shape index (κ3) is 9.03. The fourth-order valence-electron chi connectivity index (χ4n) is 9.52. The minimum absolute atomic E-state index is 0.0409. The molecule has 4 heterocycles. The summed E-state index contributed by atoms with van der Waals surface area (Å²) < 4.78 is 40.5. The maximum absolute atomic E-state index is 15.0. The average molecular weight is 840 g/mol. The van der Waals surface area contributed by atoms with E-state index in [1.54, 1.807) is 12.0 Å². The van der Waals surface area contributed by atoms with Crippen LogP contribution in [0.1, 0.15) is 84.5 Å². The van der Waals surface area contributed by atoms with Crippen LogP contribution in [0.4, 0.5) is 0 Å². The number of nitrogens with zero attached hydrogens (tertiary/aromatic N) is 3. The summed E-state index contributed by atoms with van der Waals surface area (Å²) >= 11 is 0. The molecule has 2 saturated heterocycles. The van der Waals surface area contributed by atoms with Gasteiger partial charge in [-0.2, -0.15) is 0 Å². The predicted octanol–water partition coefficient (Wildman–Crippen LogP) is 5.77. The molecule has 1 aromatic heterocycles. The molecule has 2 aliphatic carbocycles. The first-order valence-corrected chi connectivity index (χ1v) is 23.2. The Morgan fingerprint density at radius 3 is 2.45 bits per heavy atom. The van der Waals surface area contributed by atoms with E-state index in [2.05, 4.69) is 23.9 Å². The van der Waals surface area contributed by atoms with Gasteiger partial charge in [0, 0.05) is 60.8 Å². The molecule has 7 atom stereocenters. The number of ether oxygens (including phenoxy) is 2. The molecular weight excluding hydrogens is 783 g/mol. The largest absolute Gasteiger partial charge is 0.497 e.